The number of carbonyl (C=O) groups is 4. The van der Waals surface area contributed by atoms with Crippen LogP contribution in [0.15, 0.2) is 79.0 Å². The molecular formula is C44H45F3N6O6. The lowest BCUT2D eigenvalue weighted by Gasteiger charge is -2.28. The summed E-state index contributed by atoms with van der Waals surface area (Å²) in [4.78, 5) is 52.8. The molecule has 308 valence electrons. The van der Waals surface area contributed by atoms with Gasteiger partial charge in [-0.25, -0.2) is 4.98 Å². The molecule has 1 saturated carbocycles. The second kappa shape index (κ2) is 17.1. The highest BCUT2D eigenvalue weighted by molar-refractivity contribution is 6.49. The van der Waals surface area contributed by atoms with E-state index in [-0.39, 0.29) is 34.3 Å². The summed E-state index contributed by atoms with van der Waals surface area (Å²) in [6.07, 6.45) is 5.31. The van der Waals surface area contributed by atoms with Gasteiger partial charge in [0.2, 0.25) is 0 Å². The Hall–Kier alpha value is -5.93. The summed E-state index contributed by atoms with van der Waals surface area (Å²) in [6.45, 7) is 5.02. The number of benzene rings is 3. The highest BCUT2D eigenvalue weighted by Crippen LogP contribution is 2.36. The molecule has 0 unspecified atom stereocenters. The van der Waals surface area contributed by atoms with Crippen LogP contribution in [0.4, 0.5) is 18.9 Å². The normalized spacial score (nSPS) is 17.2. The second-order valence-electron chi connectivity index (χ2n) is 15.7. The Bertz CT molecular complexity index is 2380. The number of fused-ring (bicyclic) bond motifs is 2. The smallest absolute Gasteiger partial charge is 0.433 e. The molecule has 0 saturated heterocycles. The molecule has 7 rings (SSSR count). The number of alkyl halides is 3. The molecular weight excluding hydrogens is 766 g/mol. The van der Waals surface area contributed by atoms with E-state index >= 15 is 0 Å². The number of rotatable bonds is 14. The van der Waals surface area contributed by atoms with Crippen LogP contribution in [-0.2, 0) is 23.0 Å². The van der Waals surface area contributed by atoms with Gasteiger partial charge in [-0.1, -0.05) is 30.7 Å². The fourth-order valence-electron chi connectivity index (χ4n) is 7.70. The van der Waals surface area contributed by atoms with Gasteiger partial charge in [0.15, 0.2) is 0 Å². The third kappa shape index (κ3) is 9.69. The van der Waals surface area contributed by atoms with E-state index in [9.17, 15) is 37.5 Å². The lowest BCUT2D eigenvalue weighted by Crippen LogP contribution is -2.42. The minimum Gasteiger partial charge on any atom is -0.457 e. The number of aromatic nitrogens is 3. The number of ether oxygens (including phenoxy) is 1. The summed E-state index contributed by atoms with van der Waals surface area (Å²) >= 11 is 0. The predicted octanol–water partition coefficient (Wildman–Crippen LogP) is 7.91. The first kappa shape index (κ1) is 41.2. The first-order valence-electron chi connectivity index (χ1n) is 19.8. The maximum Gasteiger partial charge on any atom is 0.433 e. The number of aliphatic hydroxyl groups is 1. The molecule has 3 aromatic carbocycles. The van der Waals surface area contributed by atoms with Gasteiger partial charge < -0.3 is 20.5 Å². The molecule has 3 heterocycles. The third-order valence-electron chi connectivity index (χ3n) is 10.9. The Balaban J connectivity index is 0.839. The van der Waals surface area contributed by atoms with E-state index in [2.05, 4.69) is 20.9 Å². The molecule has 0 spiro atoms. The summed E-state index contributed by atoms with van der Waals surface area (Å²) in [5.74, 6) is -1.90. The molecule has 5 aromatic rings. The quantitative estimate of drug-likeness (QED) is 0.0496. The number of anilines is 1. The van der Waals surface area contributed by atoms with Crippen molar-refractivity contribution in [2.24, 2.45) is 5.92 Å². The number of imide groups is 1. The summed E-state index contributed by atoms with van der Waals surface area (Å²) in [7, 11) is 0. The second-order valence-corrected chi connectivity index (χ2v) is 15.7. The molecule has 1 aliphatic heterocycles. The highest BCUT2D eigenvalue weighted by Gasteiger charge is 2.34. The molecule has 0 bridgehead atoms. The number of hydrogen-bond acceptors (Lipinski definition) is 9. The average molecular weight is 811 g/mol. The summed E-state index contributed by atoms with van der Waals surface area (Å²) in [6, 6.07) is 19.0. The van der Waals surface area contributed by atoms with Crippen molar-refractivity contribution in [1.82, 2.24) is 25.4 Å². The molecule has 2 aliphatic rings. The van der Waals surface area contributed by atoms with Crippen LogP contribution in [0.2, 0.25) is 0 Å². The Labute approximate surface area is 338 Å². The van der Waals surface area contributed by atoms with Gasteiger partial charge in [0, 0.05) is 28.4 Å². The fraction of sp³-hybridized carbons (Fsp3) is 0.364. The first-order chi connectivity index (χ1) is 28.1. The van der Waals surface area contributed by atoms with Crippen LogP contribution in [0.5, 0.6) is 11.5 Å². The zero-order valence-electron chi connectivity index (χ0n) is 32.7. The number of halogens is 3. The minimum atomic E-state index is -4.69. The maximum atomic E-state index is 13.2. The number of aryl methyl sites for hydroxylation is 1. The van der Waals surface area contributed by atoms with Crippen molar-refractivity contribution < 1.29 is 42.2 Å². The van der Waals surface area contributed by atoms with E-state index in [1.54, 1.807) is 38.1 Å². The molecule has 0 radical (unpaired) electrons. The number of nitrogens with zero attached hydrogens (tertiary/aromatic N) is 3. The Kier molecular flexibility index (Phi) is 12.0. The lowest BCUT2D eigenvalue weighted by atomic mass is 9.86. The fourth-order valence-corrected chi connectivity index (χ4v) is 7.70. The van der Waals surface area contributed by atoms with Crippen LogP contribution in [0, 0.1) is 5.92 Å². The summed E-state index contributed by atoms with van der Waals surface area (Å²) in [5, 5.41) is 24.8. The average Bonchev–Trinajstić information content (AvgIpc) is 3.62. The number of amides is 3. The van der Waals surface area contributed by atoms with Crippen molar-refractivity contribution >= 4 is 40.1 Å². The maximum absolute atomic E-state index is 13.2. The zero-order valence-corrected chi connectivity index (χ0v) is 32.7. The SMILES string of the molecule is CC(C)(O)c1cc2nn([C@H]3CC[C@H](CNCCCCCc4ccc(Oc5cccc6c5C(=O)NC(=O)C6=O)cc4)CC3)cc2cc1NC(=O)c1cccc(C(F)(F)F)n1. The van der Waals surface area contributed by atoms with Gasteiger partial charge in [-0.3, -0.25) is 29.2 Å². The van der Waals surface area contributed by atoms with Crippen LogP contribution >= 0.6 is 0 Å². The molecule has 15 heteroatoms. The van der Waals surface area contributed by atoms with Crippen LogP contribution in [0.25, 0.3) is 10.9 Å². The van der Waals surface area contributed by atoms with E-state index < -0.39 is 41.0 Å². The van der Waals surface area contributed by atoms with Gasteiger partial charge in [-0.15, -0.1) is 0 Å². The topological polar surface area (TPSA) is 165 Å². The summed E-state index contributed by atoms with van der Waals surface area (Å²) < 4.78 is 47.5. The van der Waals surface area contributed by atoms with Crippen LogP contribution < -0.4 is 20.7 Å². The van der Waals surface area contributed by atoms with Crippen molar-refractivity contribution in [3.8, 4) is 11.5 Å². The van der Waals surface area contributed by atoms with Crippen molar-refractivity contribution in [3.63, 3.8) is 0 Å². The molecule has 2 aromatic heterocycles. The van der Waals surface area contributed by atoms with Gasteiger partial charge >= 0.3 is 6.18 Å². The van der Waals surface area contributed by atoms with Gasteiger partial charge in [-0.05, 0) is 132 Å². The lowest BCUT2D eigenvalue weighted by molar-refractivity contribution is -0.141. The van der Waals surface area contributed by atoms with Crippen LogP contribution in [-0.4, -0.2) is 56.5 Å². The van der Waals surface area contributed by atoms with Crippen molar-refractivity contribution in [3.05, 3.63) is 113 Å². The third-order valence-corrected chi connectivity index (χ3v) is 10.9. The Morgan fingerprint density at radius 2 is 1.68 bits per heavy atom. The monoisotopic (exact) mass is 810 g/mol. The van der Waals surface area contributed by atoms with E-state index in [1.807, 2.05) is 35.1 Å². The minimum absolute atomic E-state index is 0.0321. The van der Waals surface area contributed by atoms with E-state index in [1.165, 1.54) is 12.1 Å². The Morgan fingerprint density at radius 3 is 2.41 bits per heavy atom. The first-order valence-corrected chi connectivity index (χ1v) is 19.8. The Morgan fingerprint density at radius 1 is 0.932 bits per heavy atom. The molecule has 3 amide bonds. The molecule has 1 fully saturated rings. The highest BCUT2D eigenvalue weighted by atomic mass is 19.4. The molecule has 4 N–H and O–H groups in total. The zero-order chi connectivity index (χ0) is 41.9. The van der Waals surface area contributed by atoms with Gasteiger partial charge in [0.1, 0.15) is 22.9 Å². The van der Waals surface area contributed by atoms with E-state index in [0.717, 1.165) is 87.5 Å². The van der Waals surface area contributed by atoms with Crippen molar-refractivity contribution in [2.75, 3.05) is 18.4 Å². The van der Waals surface area contributed by atoms with Gasteiger partial charge in [0.05, 0.1) is 22.7 Å². The largest absolute Gasteiger partial charge is 0.457 e. The van der Waals surface area contributed by atoms with Crippen molar-refractivity contribution in [2.45, 2.75) is 83.0 Å². The number of carbonyl (C=O) groups excluding carboxylic acids is 4. The van der Waals surface area contributed by atoms with Gasteiger partial charge in [0.25, 0.3) is 23.5 Å². The standard InChI is InChI=1S/C44H45F3N6O6/c1-43(2,58)32-23-34-28(22-35(32)50-40(55)33-10-7-12-37(49-33)44(45,46)47)25-53(52-34)29-17-13-27(14-18-29)24-48-21-5-3-4-8-26-15-19-30(20-16-26)59-36-11-6-9-31-38(36)41(56)51-42(57)39(31)54/h6-7,9-12,15-16,19-20,22-23,25,27,29,48,58H,3-5,8,13-14,17-18,21,24H2,1-2H3,(H,50,55)(H,51,56,57)/t27-,29-. The van der Waals surface area contributed by atoms with E-state index in [4.69, 9.17) is 9.84 Å². The molecule has 0 atom stereocenters. The number of Topliss-reactive ketones (excluding diaryl/α,β-unsaturated/α-hetero) is 1. The van der Waals surface area contributed by atoms with Crippen LogP contribution in [0.3, 0.4) is 0 Å². The number of nitrogens with one attached hydrogen (secondary N) is 3. The number of pyridine rings is 1. The number of unbranched alkanes of at least 4 members (excludes halogenated alkanes) is 2. The van der Waals surface area contributed by atoms with E-state index in [0.29, 0.717) is 22.7 Å². The number of ketones is 1. The van der Waals surface area contributed by atoms with Gasteiger partial charge in [-0.2, -0.15) is 18.3 Å². The molecule has 12 nitrogen and oxygen atoms in total. The van der Waals surface area contributed by atoms with Crippen LogP contribution in [0.1, 0.15) is 113 Å². The number of hydrogen-bond donors (Lipinski definition) is 4. The van der Waals surface area contributed by atoms with Crippen molar-refractivity contribution in [1.29, 1.82) is 0 Å². The predicted molar refractivity (Wildman–Crippen MR) is 213 cm³/mol. The summed E-state index contributed by atoms with van der Waals surface area (Å²) in [5.41, 5.74) is -0.383. The molecule has 59 heavy (non-hydrogen) atoms. The molecule has 1 aliphatic carbocycles.